The fourth-order valence-electron chi connectivity index (χ4n) is 3.65. The summed E-state index contributed by atoms with van der Waals surface area (Å²) in [4.78, 5) is 39.1. The van der Waals surface area contributed by atoms with Gasteiger partial charge in [0, 0.05) is 13.6 Å². The van der Waals surface area contributed by atoms with Crippen molar-refractivity contribution in [2.45, 2.75) is 26.4 Å². The number of amides is 3. The molecule has 13 heteroatoms. The maximum Gasteiger partial charge on any atom is 0.410 e. The summed E-state index contributed by atoms with van der Waals surface area (Å²) in [5, 5.41) is 0. The van der Waals surface area contributed by atoms with Crippen molar-refractivity contribution in [3.63, 3.8) is 0 Å². The average Bonchev–Trinajstić information content (AvgIpc) is 3.21. The summed E-state index contributed by atoms with van der Waals surface area (Å²) in [5.41, 5.74) is 0.363. The highest BCUT2D eigenvalue weighted by Gasteiger charge is 2.34. The van der Waals surface area contributed by atoms with Gasteiger partial charge in [0.1, 0.15) is 5.60 Å². The van der Waals surface area contributed by atoms with Crippen molar-refractivity contribution in [3.05, 3.63) is 35.4 Å². The van der Waals surface area contributed by atoms with Gasteiger partial charge in [-0.25, -0.2) is 4.79 Å². The minimum atomic E-state index is -0.516. The summed E-state index contributed by atoms with van der Waals surface area (Å²) in [6.07, 6.45) is -0.372. The fourth-order valence-corrected chi connectivity index (χ4v) is 3.65. The number of hydrogen-bond acceptors (Lipinski definition) is 11. The first-order valence-electron chi connectivity index (χ1n) is 14.6. The molecule has 0 aliphatic carbocycles. The van der Waals surface area contributed by atoms with Gasteiger partial charge in [0.05, 0.1) is 110 Å². The molecule has 3 amide bonds. The first-order valence-corrected chi connectivity index (χ1v) is 14.6. The summed E-state index contributed by atoms with van der Waals surface area (Å²) >= 11 is 0. The highest BCUT2D eigenvalue weighted by molar-refractivity contribution is 6.21. The van der Waals surface area contributed by atoms with Gasteiger partial charge in [-0.15, -0.1) is 0 Å². The number of hydrogen-bond donors (Lipinski definition) is 0. The Morgan fingerprint density at radius 1 is 0.628 bits per heavy atom. The second kappa shape index (κ2) is 21.1. The van der Waals surface area contributed by atoms with Crippen LogP contribution in [0.4, 0.5) is 4.79 Å². The monoisotopic (exact) mass is 612 g/mol. The Labute approximate surface area is 254 Å². The minimum absolute atomic E-state index is 0.211. The van der Waals surface area contributed by atoms with Crippen molar-refractivity contribution in [3.8, 4) is 0 Å². The summed E-state index contributed by atoms with van der Waals surface area (Å²) < 4.78 is 43.5. The highest BCUT2D eigenvalue weighted by atomic mass is 16.6. The van der Waals surface area contributed by atoms with Gasteiger partial charge >= 0.3 is 6.09 Å². The predicted molar refractivity (Wildman–Crippen MR) is 156 cm³/mol. The number of carbonyl (C=O) groups is 3. The van der Waals surface area contributed by atoms with Gasteiger partial charge in [0.25, 0.3) is 11.8 Å². The molecule has 1 aromatic carbocycles. The van der Waals surface area contributed by atoms with E-state index in [9.17, 15) is 14.4 Å². The molecule has 0 saturated heterocycles. The Balaban J connectivity index is 1.25. The lowest BCUT2D eigenvalue weighted by atomic mass is 10.1. The van der Waals surface area contributed by atoms with Gasteiger partial charge in [-0.2, -0.15) is 0 Å². The van der Waals surface area contributed by atoms with Gasteiger partial charge in [0.2, 0.25) is 0 Å². The third-order valence-electron chi connectivity index (χ3n) is 5.85. The zero-order valence-electron chi connectivity index (χ0n) is 26.0. The Hall–Kier alpha value is -2.65. The molecule has 1 aromatic rings. The second-order valence-electron chi connectivity index (χ2n) is 10.5. The lowest BCUT2D eigenvalue weighted by Crippen LogP contribution is -2.36. The van der Waals surface area contributed by atoms with E-state index in [-0.39, 0.29) is 31.1 Å². The van der Waals surface area contributed by atoms with Crippen LogP contribution < -0.4 is 0 Å². The molecule has 0 bridgehead atoms. The van der Waals surface area contributed by atoms with Crippen LogP contribution in [0.5, 0.6) is 0 Å². The number of likely N-dealkylation sites (N-methyl/N-ethyl adjacent to an activating group) is 1. The van der Waals surface area contributed by atoms with Crippen LogP contribution in [0.2, 0.25) is 0 Å². The van der Waals surface area contributed by atoms with E-state index >= 15 is 0 Å². The van der Waals surface area contributed by atoms with Gasteiger partial charge < -0.3 is 42.8 Å². The van der Waals surface area contributed by atoms with Crippen LogP contribution in [0, 0.1) is 0 Å². The van der Waals surface area contributed by atoms with E-state index in [1.165, 1.54) is 9.80 Å². The standard InChI is InChI=1S/C30H48N2O11/c1-30(2,3)43-29(35)31(4)9-11-36-13-15-38-17-19-40-21-23-42-24-22-41-20-18-39-16-14-37-12-10-32-27(33)25-7-5-6-8-26(25)28(32)34/h5-8H,9-24H2,1-4H3. The van der Waals surface area contributed by atoms with Gasteiger partial charge in [-0.1, -0.05) is 12.1 Å². The van der Waals surface area contributed by atoms with Crippen molar-refractivity contribution in [2.75, 3.05) is 113 Å². The van der Waals surface area contributed by atoms with Gasteiger partial charge in [-0.05, 0) is 32.9 Å². The number of fused-ring (bicyclic) bond motifs is 1. The first kappa shape index (κ1) is 36.5. The molecular formula is C30H48N2O11. The molecule has 13 nitrogen and oxygen atoms in total. The Bertz CT molecular complexity index is 919. The van der Waals surface area contributed by atoms with E-state index in [1.54, 1.807) is 31.3 Å². The molecule has 2 rings (SSSR count). The molecule has 0 N–H and O–H groups in total. The maximum atomic E-state index is 12.3. The second-order valence-corrected chi connectivity index (χ2v) is 10.5. The molecule has 0 spiro atoms. The number of carbonyl (C=O) groups excluding carboxylic acids is 3. The zero-order chi connectivity index (χ0) is 31.3. The van der Waals surface area contributed by atoms with Crippen LogP contribution in [0.1, 0.15) is 41.5 Å². The van der Waals surface area contributed by atoms with Crippen LogP contribution in [-0.4, -0.2) is 146 Å². The molecule has 0 atom stereocenters. The largest absolute Gasteiger partial charge is 0.444 e. The molecule has 1 aliphatic heterocycles. The molecule has 0 unspecified atom stereocenters. The third kappa shape index (κ3) is 15.6. The van der Waals surface area contributed by atoms with Crippen molar-refractivity contribution in [2.24, 2.45) is 0 Å². The fraction of sp³-hybridized carbons (Fsp3) is 0.700. The molecule has 43 heavy (non-hydrogen) atoms. The lowest BCUT2D eigenvalue weighted by Gasteiger charge is -2.24. The Morgan fingerprint density at radius 3 is 1.35 bits per heavy atom. The number of ether oxygens (including phenoxy) is 8. The van der Waals surface area contributed by atoms with Crippen molar-refractivity contribution in [1.82, 2.24) is 9.80 Å². The van der Waals surface area contributed by atoms with Crippen LogP contribution in [0.25, 0.3) is 0 Å². The molecule has 244 valence electrons. The molecule has 0 radical (unpaired) electrons. The molecule has 0 saturated carbocycles. The average molecular weight is 613 g/mol. The number of rotatable bonds is 24. The summed E-state index contributed by atoms with van der Waals surface area (Å²) in [7, 11) is 1.67. The molecule has 0 aromatic heterocycles. The van der Waals surface area contributed by atoms with Crippen LogP contribution >= 0.6 is 0 Å². The highest BCUT2D eigenvalue weighted by Crippen LogP contribution is 2.21. The Kier molecular flexibility index (Phi) is 17.9. The number of benzene rings is 1. The smallest absolute Gasteiger partial charge is 0.410 e. The van der Waals surface area contributed by atoms with Crippen molar-refractivity contribution >= 4 is 17.9 Å². The lowest BCUT2D eigenvalue weighted by molar-refractivity contribution is -0.0215. The van der Waals surface area contributed by atoms with Crippen LogP contribution in [0.3, 0.4) is 0 Å². The molecule has 1 aliphatic rings. The van der Waals surface area contributed by atoms with E-state index in [0.717, 1.165) is 0 Å². The third-order valence-corrected chi connectivity index (χ3v) is 5.85. The number of nitrogens with zero attached hydrogens (tertiary/aromatic N) is 2. The molecule has 0 fully saturated rings. The summed E-state index contributed by atoms with van der Waals surface area (Å²) in [6, 6.07) is 6.81. The number of imide groups is 1. The molecule has 1 heterocycles. The molecular weight excluding hydrogens is 564 g/mol. The topological polar surface area (TPSA) is 132 Å². The van der Waals surface area contributed by atoms with E-state index in [4.69, 9.17) is 37.9 Å². The van der Waals surface area contributed by atoms with E-state index in [2.05, 4.69) is 0 Å². The van der Waals surface area contributed by atoms with Crippen molar-refractivity contribution < 1.29 is 52.3 Å². The van der Waals surface area contributed by atoms with Crippen LogP contribution in [-0.2, 0) is 37.9 Å². The van der Waals surface area contributed by atoms with Crippen LogP contribution in [0.15, 0.2) is 24.3 Å². The summed E-state index contributed by atoms with van der Waals surface area (Å²) in [5.74, 6) is -0.561. The Morgan fingerprint density at radius 2 is 0.977 bits per heavy atom. The maximum absolute atomic E-state index is 12.3. The van der Waals surface area contributed by atoms with Crippen molar-refractivity contribution in [1.29, 1.82) is 0 Å². The SMILES string of the molecule is CN(CCOCCOCCOCCOCCOCCOCCOCCN1C(=O)c2ccccc2C1=O)C(=O)OC(C)(C)C. The normalized spacial score (nSPS) is 13.1. The van der Waals surface area contributed by atoms with E-state index < -0.39 is 5.60 Å². The minimum Gasteiger partial charge on any atom is -0.444 e. The predicted octanol–water partition coefficient (Wildman–Crippen LogP) is 2.27. The van der Waals surface area contributed by atoms with Gasteiger partial charge in [0.15, 0.2) is 0 Å². The zero-order valence-corrected chi connectivity index (χ0v) is 26.0. The summed E-state index contributed by atoms with van der Waals surface area (Å²) in [6.45, 7) is 12.1. The quantitative estimate of drug-likeness (QED) is 0.126. The van der Waals surface area contributed by atoms with E-state index in [0.29, 0.717) is 104 Å². The van der Waals surface area contributed by atoms with E-state index in [1.807, 2.05) is 20.8 Å². The van der Waals surface area contributed by atoms with Gasteiger partial charge in [-0.3, -0.25) is 14.5 Å². The first-order chi connectivity index (χ1) is 20.7.